The minimum atomic E-state index is -4.18. The third-order valence-electron chi connectivity index (χ3n) is 7.99. The number of hydrogen-bond donors (Lipinski definition) is 1. The molecule has 0 saturated heterocycles. The summed E-state index contributed by atoms with van der Waals surface area (Å²) in [5.41, 5.74) is 3.33. The lowest BCUT2D eigenvalue weighted by Crippen LogP contribution is -2.56. The van der Waals surface area contributed by atoms with Crippen LogP contribution in [0.15, 0.2) is 108 Å². The van der Waals surface area contributed by atoms with Gasteiger partial charge in [-0.3, -0.25) is 13.9 Å². The molecule has 0 fully saturated rings. The molecule has 0 bridgehead atoms. The van der Waals surface area contributed by atoms with Crippen molar-refractivity contribution in [3.05, 3.63) is 125 Å². The number of carbonyl (C=O) groups excluding carboxylic acids is 2. The number of nitrogens with zero attached hydrogens (tertiary/aromatic N) is 2. The highest BCUT2D eigenvalue weighted by Gasteiger charge is 2.35. The summed E-state index contributed by atoms with van der Waals surface area (Å²) in [7, 11) is -2.62. The van der Waals surface area contributed by atoms with E-state index in [1.54, 1.807) is 49.6 Å². The molecule has 0 aliphatic rings. The Labute approximate surface area is 285 Å². The molecule has 0 unspecified atom stereocenters. The number of aryl methyl sites for hydroxylation is 1. The third-order valence-corrected chi connectivity index (χ3v) is 9.78. The van der Waals surface area contributed by atoms with Crippen molar-refractivity contribution in [2.24, 2.45) is 0 Å². The molecule has 48 heavy (non-hydrogen) atoms. The molecule has 9 heteroatoms. The summed E-state index contributed by atoms with van der Waals surface area (Å²) in [6.45, 7) is 11.2. The van der Waals surface area contributed by atoms with Crippen LogP contribution in [0.3, 0.4) is 0 Å². The Morgan fingerprint density at radius 1 is 0.833 bits per heavy atom. The van der Waals surface area contributed by atoms with Crippen LogP contribution in [-0.2, 0) is 32.6 Å². The molecule has 0 aliphatic carbocycles. The Bertz CT molecular complexity index is 1780. The minimum Gasteiger partial charge on any atom is -0.497 e. The van der Waals surface area contributed by atoms with Crippen LogP contribution < -0.4 is 14.4 Å². The molecule has 0 aromatic heterocycles. The van der Waals surface area contributed by atoms with Crippen molar-refractivity contribution >= 4 is 27.5 Å². The van der Waals surface area contributed by atoms with E-state index in [0.29, 0.717) is 11.4 Å². The minimum absolute atomic E-state index is 0.0514. The van der Waals surface area contributed by atoms with E-state index in [9.17, 15) is 18.0 Å². The summed E-state index contributed by atoms with van der Waals surface area (Å²) in [5, 5.41) is 3.06. The van der Waals surface area contributed by atoms with Gasteiger partial charge in [-0.1, -0.05) is 86.1 Å². The van der Waals surface area contributed by atoms with Crippen molar-refractivity contribution in [2.45, 2.75) is 76.9 Å². The van der Waals surface area contributed by atoms with Crippen molar-refractivity contribution in [3.63, 3.8) is 0 Å². The zero-order valence-electron chi connectivity index (χ0n) is 28.9. The Balaban J connectivity index is 1.84. The van der Waals surface area contributed by atoms with E-state index in [4.69, 9.17) is 4.74 Å². The first-order chi connectivity index (χ1) is 22.7. The second kappa shape index (κ2) is 15.5. The van der Waals surface area contributed by atoms with Gasteiger partial charge < -0.3 is 15.0 Å². The monoisotopic (exact) mass is 669 g/mol. The molecule has 8 nitrogen and oxygen atoms in total. The summed E-state index contributed by atoms with van der Waals surface area (Å²) in [5.74, 6) is -0.0167. The van der Waals surface area contributed by atoms with Gasteiger partial charge in [0.15, 0.2) is 0 Å². The van der Waals surface area contributed by atoms with Crippen LogP contribution in [0.4, 0.5) is 5.69 Å². The zero-order chi connectivity index (χ0) is 35.1. The quantitative estimate of drug-likeness (QED) is 0.168. The molecule has 4 aromatic rings. The molecule has 0 saturated carbocycles. The van der Waals surface area contributed by atoms with Gasteiger partial charge in [-0.2, -0.15) is 0 Å². The first-order valence-electron chi connectivity index (χ1n) is 16.2. The second-order valence-electron chi connectivity index (χ2n) is 13.4. The molecule has 4 aromatic carbocycles. The van der Waals surface area contributed by atoms with Crippen LogP contribution in [0.5, 0.6) is 5.75 Å². The van der Waals surface area contributed by atoms with Gasteiger partial charge >= 0.3 is 0 Å². The molecular formula is C39H47N3O5S. The lowest BCUT2D eigenvalue weighted by Gasteiger charge is -2.35. The lowest BCUT2D eigenvalue weighted by atomic mass is 10.0. The second-order valence-corrected chi connectivity index (χ2v) is 15.3. The van der Waals surface area contributed by atoms with E-state index < -0.39 is 34.1 Å². The summed E-state index contributed by atoms with van der Waals surface area (Å²) < 4.78 is 35.2. The molecule has 0 heterocycles. The third kappa shape index (κ3) is 9.47. The molecule has 254 valence electrons. The Kier molecular flexibility index (Phi) is 11.7. The van der Waals surface area contributed by atoms with Crippen LogP contribution in [0.25, 0.3) is 0 Å². The molecule has 0 radical (unpaired) electrons. The summed E-state index contributed by atoms with van der Waals surface area (Å²) in [4.78, 5) is 30.3. The summed E-state index contributed by atoms with van der Waals surface area (Å²) in [6, 6.07) is 29.6. The maximum absolute atomic E-state index is 14.7. The smallest absolute Gasteiger partial charge is 0.264 e. The van der Waals surface area contributed by atoms with Crippen molar-refractivity contribution in [1.82, 2.24) is 10.2 Å². The fourth-order valence-electron chi connectivity index (χ4n) is 5.37. The van der Waals surface area contributed by atoms with Gasteiger partial charge in [-0.25, -0.2) is 8.42 Å². The number of ether oxygens (including phenoxy) is 1. The lowest BCUT2D eigenvalue weighted by molar-refractivity contribution is -0.140. The van der Waals surface area contributed by atoms with Gasteiger partial charge in [0.2, 0.25) is 11.8 Å². The van der Waals surface area contributed by atoms with Crippen LogP contribution in [0.2, 0.25) is 0 Å². The highest BCUT2D eigenvalue weighted by molar-refractivity contribution is 7.92. The largest absolute Gasteiger partial charge is 0.497 e. The molecule has 4 rings (SSSR count). The molecule has 1 atom stereocenters. The van der Waals surface area contributed by atoms with Crippen molar-refractivity contribution in [2.75, 3.05) is 18.0 Å². The number of hydrogen-bond acceptors (Lipinski definition) is 5. The predicted octanol–water partition coefficient (Wildman–Crippen LogP) is 6.88. The van der Waals surface area contributed by atoms with Gasteiger partial charge in [0.25, 0.3) is 10.0 Å². The van der Waals surface area contributed by atoms with Gasteiger partial charge in [0.1, 0.15) is 18.3 Å². The van der Waals surface area contributed by atoms with Crippen LogP contribution in [-0.4, -0.2) is 50.4 Å². The molecule has 1 N–H and O–H groups in total. The fourth-order valence-corrected chi connectivity index (χ4v) is 6.78. The van der Waals surface area contributed by atoms with E-state index >= 15 is 0 Å². The topological polar surface area (TPSA) is 96.0 Å². The van der Waals surface area contributed by atoms with Crippen molar-refractivity contribution < 1.29 is 22.7 Å². The van der Waals surface area contributed by atoms with Gasteiger partial charge in [-0.05, 0) is 86.7 Å². The average molecular weight is 670 g/mol. The molecule has 2 amide bonds. The normalized spacial score (nSPS) is 12.3. The first-order valence-corrected chi connectivity index (χ1v) is 17.6. The summed E-state index contributed by atoms with van der Waals surface area (Å²) in [6.07, 6.45) is 0.228. The SMILES string of the molecule is COc1cccc(CN(C(=O)CN(c2ccc(C(C)C)cc2)S(=O)(=O)c2ccc(C)cc2)[C@@H](Cc2ccccc2)C(=O)NC(C)(C)C)c1. The first kappa shape index (κ1) is 36.2. The molecule has 0 aliphatic heterocycles. The number of anilines is 1. The number of methoxy groups -OCH3 is 1. The molecular weight excluding hydrogens is 623 g/mol. The molecule has 0 spiro atoms. The highest BCUT2D eigenvalue weighted by Crippen LogP contribution is 2.27. The fraction of sp³-hybridized carbons (Fsp3) is 0.333. The van der Waals surface area contributed by atoms with Crippen LogP contribution in [0.1, 0.15) is 62.8 Å². The Morgan fingerprint density at radius 2 is 1.46 bits per heavy atom. The van der Waals surface area contributed by atoms with E-state index in [2.05, 4.69) is 19.2 Å². The predicted molar refractivity (Wildman–Crippen MR) is 192 cm³/mol. The maximum Gasteiger partial charge on any atom is 0.264 e. The number of carbonyl (C=O) groups is 2. The van der Waals surface area contributed by atoms with Gasteiger partial charge in [0, 0.05) is 18.5 Å². The van der Waals surface area contributed by atoms with E-state index in [0.717, 1.165) is 26.6 Å². The number of benzene rings is 4. The average Bonchev–Trinajstić information content (AvgIpc) is 3.05. The van der Waals surface area contributed by atoms with Crippen molar-refractivity contribution in [1.29, 1.82) is 0 Å². The van der Waals surface area contributed by atoms with E-state index in [1.165, 1.54) is 4.90 Å². The van der Waals surface area contributed by atoms with Crippen molar-refractivity contribution in [3.8, 4) is 5.75 Å². The number of rotatable bonds is 13. The van der Waals surface area contributed by atoms with Gasteiger partial charge in [0.05, 0.1) is 17.7 Å². The van der Waals surface area contributed by atoms with E-state index in [-0.39, 0.29) is 29.7 Å². The zero-order valence-corrected chi connectivity index (χ0v) is 29.8. The Hall–Kier alpha value is -4.63. The maximum atomic E-state index is 14.7. The summed E-state index contributed by atoms with van der Waals surface area (Å²) >= 11 is 0. The van der Waals surface area contributed by atoms with Crippen LogP contribution in [0, 0.1) is 6.92 Å². The van der Waals surface area contributed by atoms with Gasteiger partial charge in [-0.15, -0.1) is 0 Å². The highest BCUT2D eigenvalue weighted by atomic mass is 32.2. The number of sulfonamides is 1. The van der Waals surface area contributed by atoms with Crippen LogP contribution >= 0.6 is 0 Å². The number of amides is 2. The van der Waals surface area contributed by atoms with E-state index in [1.807, 2.05) is 88.4 Å². The standard InChI is InChI=1S/C39H47N3O5S/c1-28(2)32-18-20-33(21-19-32)42(48(45,46)35-22-16-29(3)17-23-35)27-37(43)41(26-31-14-11-15-34(24-31)47-7)36(38(44)40-39(4,5)6)25-30-12-9-8-10-13-30/h8-24,28,36H,25-27H2,1-7H3,(H,40,44)/t36-/m0/s1. The number of nitrogens with one attached hydrogen (secondary N) is 1. The Morgan fingerprint density at radius 3 is 2.04 bits per heavy atom.